The van der Waals surface area contributed by atoms with E-state index in [0.717, 1.165) is 11.8 Å². The molecule has 0 aromatic rings. The fourth-order valence-electron chi connectivity index (χ4n) is 5.59. The minimum absolute atomic E-state index is 0.602. The zero-order chi connectivity index (χ0) is 10.4. The molecule has 0 aromatic heterocycles. The van der Waals surface area contributed by atoms with Crippen LogP contribution in [0, 0.1) is 29.1 Å². The first-order chi connectivity index (χ1) is 7.18. The lowest BCUT2D eigenvalue weighted by Crippen LogP contribution is -2.27. The summed E-state index contributed by atoms with van der Waals surface area (Å²) in [6.07, 6.45) is 5.72. The summed E-state index contributed by atoms with van der Waals surface area (Å²) in [5, 5.41) is 0. The van der Waals surface area contributed by atoms with Crippen LogP contribution in [0.1, 0.15) is 25.7 Å². The highest BCUT2D eigenvalue weighted by Gasteiger charge is 2.72. The van der Waals surface area contributed by atoms with Gasteiger partial charge in [-0.05, 0) is 30.1 Å². The Balaban J connectivity index is 1.95. The molecule has 0 radical (unpaired) electrons. The average molecular weight is 198 g/mol. The van der Waals surface area contributed by atoms with Crippen LogP contribution in [0.25, 0.3) is 0 Å². The number of hydrogen-bond donors (Lipinski definition) is 0. The molecule has 5 aliphatic carbocycles. The molecule has 5 aliphatic rings. The van der Waals surface area contributed by atoms with Crippen LogP contribution in [0.5, 0.6) is 0 Å². The SMILES string of the molecule is C=C1C2C(=C)C3C1C(=C)C2C31CCCC1. The van der Waals surface area contributed by atoms with Crippen LogP contribution < -0.4 is 0 Å². The lowest BCUT2D eigenvalue weighted by atomic mass is 9.70. The highest BCUT2D eigenvalue weighted by Crippen LogP contribution is 2.80. The Morgan fingerprint density at radius 1 is 0.800 bits per heavy atom. The molecule has 1 spiro atoms. The summed E-state index contributed by atoms with van der Waals surface area (Å²) in [4.78, 5) is 0. The van der Waals surface area contributed by atoms with Crippen molar-refractivity contribution in [3.05, 3.63) is 36.5 Å². The largest absolute Gasteiger partial charge is 0.0989 e. The van der Waals surface area contributed by atoms with Crippen molar-refractivity contribution >= 4 is 0 Å². The Kier molecular flexibility index (Phi) is 1.21. The van der Waals surface area contributed by atoms with Gasteiger partial charge in [-0.1, -0.05) is 49.3 Å². The van der Waals surface area contributed by atoms with Gasteiger partial charge >= 0.3 is 0 Å². The molecule has 5 fully saturated rings. The Hall–Kier alpha value is -0.780. The van der Waals surface area contributed by atoms with E-state index in [1.807, 2.05) is 0 Å². The average Bonchev–Trinajstić information content (AvgIpc) is 2.90. The Morgan fingerprint density at radius 3 is 1.73 bits per heavy atom. The molecular formula is C15H18. The third-order valence-electron chi connectivity index (χ3n) is 5.84. The lowest BCUT2D eigenvalue weighted by molar-refractivity contribution is 0.181. The quantitative estimate of drug-likeness (QED) is 0.520. The normalized spacial score (nSPS) is 49.2. The highest BCUT2D eigenvalue weighted by atomic mass is 14.8. The van der Waals surface area contributed by atoms with Crippen LogP contribution in [-0.2, 0) is 0 Å². The molecule has 4 unspecified atom stereocenters. The molecule has 4 bridgehead atoms. The number of allylic oxidation sites excluding steroid dienone is 3. The van der Waals surface area contributed by atoms with Gasteiger partial charge in [-0.3, -0.25) is 0 Å². The van der Waals surface area contributed by atoms with Crippen molar-refractivity contribution < 1.29 is 0 Å². The first-order valence-electron chi connectivity index (χ1n) is 6.24. The van der Waals surface area contributed by atoms with Crippen molar-refractivity contribution in [2.75, 3.05) is 0 Å². The number of hydrogen-bond acceptors (Lipinski definition) is 0. The molecule has 4 atom stereocenters. The molecule has 0 heteroatoms. The van der Waals surface area contributed by atoms with E-state index in [2.05, 4.69) is 19.7 Å². The van der Waals surface area contributed by atoms with Gasteiger partial charge in [0.05, 0.1) is 0 Å². The zero-order valence-corrected chi connectivity index (χ0v) is 9.26. The third-order valence-corrected chi connectivity index (χ3v) is 5.84. The van der Waals surface area contributed by atoms with E-state index in [0.29, 0.717) is 17.3 Å². The van der Waals surface area contributed by atoms with Gasteiger partial charge in [-0.25, -0.2) is 0 Å². The van der Waals surface area contributed by atoms with Crippen molar-refractivity contribution in [3.63, 3.8) is 0 Å². The van der Waals surface area contributed by atoms with E-state index in [1.165, 1.54) is 42.4 Å². The summed E-state index contributed by atoms with van der Waals surface area (Å²) in [5.41, 5.74) is 5.09. The molecule has 0 nitrogen and oxygen atoms in total. The zero-order valence-electron chi connectivity index (χ0n) is 9.26. The minimum Gasteiger partial charge on any atom is -0.0989 e. The maximum Gasteiger partial charge on any atom is 0.00823 e. The predicted molar refractivity (Wildman–Crippen MR) is 62.3 cm³/mol. The molecule has 0 N–H and O–H groups in total. The summed E-state index contributed by atoms with van der Waals surface area (Å²) in [7, 11) is 0. The standard InChI is InChI=1S/C15H18/c1-8-11-9(2)13-12(8)10(3)14(11)15(13)6-4-5-7-15/h11-14H,1-7H2. The van der Waals surface area contributed by atoms with E-state index in [9.17, 15) is 0 Å². The van der Waals surface area contributed by atoms with Crippen LogP contribution >= 0.6 is 0 Å². The van der Waals surface area contributed by atoms with Gasteiger partial charge in [0.25, 0.3) is 0 Å². The highest BCUT2D eigenvalue weighted by molar-refractivity contribution is 5.55. The molecule has 0 aromatic carbocycles. The molecular weight excluding hydrogens is 180 g/mol. The topological polar surface area (TPSA) is 0 Å². The molecule has 78 valence electrons. The van der Waals surface area contributed by atoms with Crippen LogP contribution in [-0.4, -0.2) is 0 Å². The summed E-state index contributed by atoms with van der Waals surface area (Å²) < 4.78 is 0. The van der Waals surface area contributed by atoms with Crippen LogP contribution in [0.4, 0.5) is 0 Å². The summed E-state index contributed by atoms with van der Waals surface area (Å²) in [5.74, 6) is 2.75. The predicted octanol–water partition coefficient (Wildman–Crippen LogP) is 3.72. The molecule has 0 amide bonds. The van der Waals surface area contributed by atoms with Gasteiger partial charge in [0.2, 0.25) is 0 Å². The second-order valence-electron chi connectivity index (χ2n) is 6.08. The van der Waals surface area contributed by atoms with Crippen molar-refractivity contribution in [2.24, 2.45) is 29.1 Å². The third kappa shape index (κ3) is 0.610. The monoisotopic (exact) mass is 198 g/mol. The van der Waals surface area contributed by atoms with Crippen LogP contribution in [0.2, 0.25) is 0 Å². The van der Waals surface area contributed by atoms with Crippen molar-refractivity contribution in [1.82, 2.24) is 0 Å². The smallest absolute Gasteiger partial charge is 0.00823 e. The van der Waals surface area contributed by atoms with Crippen molar-refractivity contribution in [3.8, 4) is 0 Å². The fourth-order valence-corrected chi connectivity index (χ4v) is 5.59. The van der Waals surface area contributed by atoms with Gasteiger partial charge in [-0.15, -0.1) is 0 Å². The van der Waals surface area contributed by atoms with E-state index >= 15 is 0 Å². The van der Waals surface area contributed by atoms with Crippen molar-refractivity contribution in [1.29, 1.82) is 0 Å². The van der Waals surface area contributed by atoms with E-state index < -0.39 is 0 Å². The Morgan fingerprint density at radius 2 is 1.27 bits per heavy atom. The minimum atomic E-state index is 0.602. The maximum atomic E-state index is 4.36. The summed E-state index contributed by atoms with van der Waals surface area (Å²) in [6.45, 7) is 13.0. The molecule has 5 rings (SSSR count). The van der Waals surface area contributed by atoms with E-state index in [1.54, 1.807) is 0 Å². The summed E-state index contributed by atoms with van der Waals surface area (Å²) in [6, 6.07) is 0. The van der Waals surface area contributed by atoms with Gasteiger partial charge in [0.15, 0.2) is 0 Å². The lowest BCUT2D eigenvalue weighted by Gasteiger charge is -2.33. The molecule has 0 aliphatic heterocycles. The Labute approximate surface area is 91.8 Å². The van der Waals surface area contributed by atoms with Crippen molar-refractivity contribution in [2.45, 2.75) is 25.7 Å². The maximum absolute atomic E-state index is 4.36. The molecule has 5 saturated carbocycles. The Bertz CT molecular complexity index is 374. The fraction of sp³-hybridized carbons (Fsp3) is 0.600. The van der Waals surface area contributed by atoms with Crippen LogP contribution in [0.15, 0.2) is 36.5 Å². The van der Waals surface area contributed by atoms with Crippen LogP contribution in [0.3, 0.4) is 0 Å². The molecule has 0 heterocycles. The number of rotatable bonds is 0. The van der Waals surface area contributed by atoms with Gasteiger partial charge < -0.3 is 0 Å². The second-order valence-corrected chi connectivity index (χ2v) is 6.08. The van der Waals surface area contributed by atoms with E-state index in [-0.39, 0.29) is 0 Å². The van der Waals surface area contributed by atoms with Gasteiger partial charge in [-0.2, -0.15) is 0 Å². The first-order valence-corrected chi connectivity index (χ1v) is 6.24. The van der Waals surface area contributed by atoms with Gasteiger partial charge in [0, 0.05) is 11.8 Å². The summed E-state index contributed by atoms with van der Waals surface area (Å²) >= 11 is 0. The first kappa shape index (κ1) is 8.38. The molecule has 0 saturated heterocycles. The van der Waals surface area contributed by atoms with E-state index in [4.69, 9.17) is 0 Å². The second kappa shape index (κ2) is 2.16. The van der Waals surface area contributed by atoms with Gasteiger partial charge in [0.1, 0.15) is 0 Å². The molecule has 15 heavy (non-hydrogen) atoms.